The van der Waals surface area contributed by atoms with Crippen molar-refractivity contribution in [3.8, 4) is 0 Å². The van der Waals surface area contributed by atoms with Gasteiger partial charge in [-0.15, -0.1) is 0 Å². The lowest BCUT2D eigenvalue weighted by Crippen LogP contribution is -2.48. The van der Waals surface area contributed by atoms with E-state index in [0.29, 0.717) is 0 Å². The fourth-order valence-corrected chi connectivity index (χ4v) is 1.16. The second kappa shape index (κ2) is 4.41. The molecule has 0 spiro atoms. The fraction of sp³-hybridized carbons (Fsp3) is 0.625. The summed E-state index contributed by atoms with van der Waals surface area (Å²) in [5, 5.41) is 29.9. The Labute approximate surface area is 80.8 Å². The summed E-state index contributed by atoms with van der Waals surface area (Å²) in [6, 6.07) is 0. The molecule has 4 N–H and O–H groups in total. The number of hydrogen-bond acceptors (Lipinski definition) is 5. The van der Waals surface area contributed by atoms with Gasteiger partial charge in [-0.2, -0.15) is 0 Å². The van der Waals surface area contributed by atoms with Gasteiger partial charge in [0.25, 0.3) is 0 Å². The summed E-state index contributed by atoms with van der Waals surface area (Å²) in [7, 11) is 0. The number of aliphatic hydroxyl groups excluding tert-OH is 3. The molecule has 14 heavy (non-hydrogen) atoms. The second-order valence-electron chi connectivity index (χ2n) is 3.05. The summed E-state index contributed by atoms with van der Waals surface area (Å²) in [5.41, 5.74) is 0.0923. The molecule has 3 atom stereocenters. The van der Waals surface area contributed by atoms with Gasteiger partial charge in [-0.05, 0) is 0 Å². The van der Waals surface area contributed by atoms with E-state index in [1.54, 1.807) is 0 Å². The van der Waals surface area contributed by atoms with E-state index in [4.69, 9.17) is 9.84 Å². The van der Waals surface area contributed by atoms with Gasteiger partial charge in [0.05, 0.1) is 12.3 Å². The molecule has 0 aromatic heterocycles. The first-order valence-corrected chi connectivity index (χ1v) is 4.16. The van der Waals surface area contributed by atoms with E-state index >= 15 is 0 Å². The number of carbonyl (C=O) groups excluding carboxylic acids is 1. The lowest BCUT2D eigenvalue weighted by Gasteiger charge is -2.30. The highest BCUT2D eigenvalue weighted by atomic mass is 16.5. The van der Waals surface area contributed by atoms with Gasteiger partial charge < -0.3 is 25.4 Å². The van der Waals surface area contributed by atoms with Crippen molar-refractivity contribution in [2.24, 2.45) is 0 Å². The number of rotatable bonds is 2. The first-order chi connectivity index (χ1) is 6.56. The van der Waals surface area contributed by atoms with Crippen molar-refractivity contribution in [2.45, 2.75) is 25.2 Å². The third-order valence-corrected chi connectivity index (χ3v) is 1.89. The molecule has 1 aliphatic rings. The van der Waals surface area contributed by atoms with Crippen molar-refractivity contribution in [2.75, 3.05) is 6.61 Å². The molecule has 0 aliphatic carbocycles. The van der Waals surface area contributed by atoms with E-state index in [-0.39, 0.29) is 11.6 Å². The van der Waals surface area contributed by atoms with Gasteiger partial charge >= 0.3 is 0 Å². The highest BCUT2D eigenvalue weighted by molar-refractivity contribution is 5.75. The molecule has 0 saturated carbocycles. The predicted molar refractivity (Wildman–Crippen MR) is 45.9 cm³/mol. The number of hydrogen-bond donors (Lipinski definition) is 4. The maximum Gasteiger partial charge on any atom is 0.221 e. The molecule has 0 saturated heterocycles. The molecule has 1 rings (SSSR count). The van der Waals surface area contributed by atoms with Gasteiger partial charge in [0.1, 0.15) is 24.6 Å². The van der Waals surface area contributed by atoms with E-state index in [1.807, 2.05) is 0 Å². The average Bonchev–Trinajstić information content (AvgIpc) is 2.13. The Morgan fingerprint density at radius 1 is 1.64 bits per heavy atom. The van der Waals surface area contributed by atoms with Crippen molar-refractivity contribution < 1.29 is 24.9 Å². The summed E-state index contributed by atoms with van der Waals surface area (Å²) in [6.07, 6.45) is -2.22. The zero-order valence-corrected chi connectivity index (χ0v) is 7.67. The molecule has 1 heterocycles. The van der Waals surface area contributed by atoms with Crippen molar-refractivity contribution in [3.05, 3.63) is 12.0 Å². The highest BCUT2D eigenvalue weighted by Gasteiger charge is 2.33. The minimum Gasteiger partial charge on any atom is -0.491 e. The zero-order chi connectivity index (χ0) is 10.7. The van der Waals surface area contributed by atoms with Crippen LogP contribution in [0, 0.1) is 0 Å². The molecule has 0 unspecified atom stereocenters. The maximum absolute atomic E-state index is 10.7. The van der Waals surface area contributed by atoms with Gasteiger partial charge in [-0.3, -0.25) is 4.79 Å². The topological polar surface area (TPSA) is 99.0 Å². The first-order valence-electron chi connectivity index (χ1n) is 4.16. The number of aliphatic hydroxyl groups is 3. The molecular weight excluding hydrogens is 190 g/mol. The van der Waals surface area contributed by atoms with Crippen LogP contribution in [0.25, 0.3) is 0 Å². The molecule has 0 fully saturated rings. The van der Waals surface area contributed by atoms with Crippen molar-refractivity contribution in [3.63, 3.8) is 0 Å². The Bertz CT molecular complexity index is 252. The van der Waals surface area contributed by atoms with Gasteiger partial charge in [-0.1, -0.05) is 0 Å². The Balaban J connectivity index is 2.70. The molecular formula is C8H13NO5. The van der Waals surface area contributed by atoms with E-state index in [2.05, 4.69) is 5.32 Å². The van der Waals surface area contributed by atoms with Gasteiger partial charge in [-0.25, -0.2) is 0 Å². The average molecular weight is 203 g/mol. The standard InChI is InChI=1S/C8H13NO5/c1-4(11)9-5-3-14-6(2-10)8(13)7(5)12/h3,6-8,10,12-13H,2H2,1H3,(H,9,11)/t6-,7-,8+/m1/s1. The summed E-state index contributed by atoms with van der Waals surface area (Å²) in [4.78, 5) is 10.7. The fourth-order valence-electron chi connectivity index (χ4n) is 1.16. The molecule has 6 heteroatoms. The Hall–Kier alpha value is -1.11. The normalized spacial score (nSPS) is 31.7. The lowest BCUT2D eigenvalue weighted by molar-refractivity contribution is -0.120. The largest absolute Gasteiger partial charge is 0.491 e. The smallest absolute Gasteiger partial charge is 0.221 e. The molecule has 1 amide bonds. The minimum atomic E-state index is -1.25. The molecule has 0 aromatic carbocycles. The van der Waals surface area contributed by atoms with Gasteiger partial charge in [0.15, 0.2) is 0 Å². The molecule has 0 radical (unpaired) electrons. The molecule has 6 nitrogen and oxygen atoms in total. The number of nitrogens with one attached hydrogen (secondary N) is 1. The molecule has 0 bridgehead atoms. The SMILES string of the molecule is CC(=O)NC1=CO[C@H](CO)[C@H](O)[C@@H]1O. The Morgan fingerprint density at radius 2 is 2.29 bits per heavy atom. The van der Waals surface area contributed by atoms with Crippen LogP contribution in [-0.4, -0.2) is 46.1 Å². The van der Waals surface area contributed by atoms with E-state index in [0.717, 1.165) is 6.26 Å². The Kier molecular flexibility index (Phi) is 3.45. The summed E-state index contributed by atoms with van der Waals surface area (Å²) in [6.45, 7) is 0.875. The zero-order valence-electron chi connectivity index (χ0n) is 7.67. The van der Waals surface area contributed by atoms with Crippen molar-refractivity contribution in [1.82, 2.24) is 5.32 Å². The third-order valence-electron chi connectivity index (χ3n) is 1.89. The van der Waals surface area contributed by atoms with Crippen molar-refractivity contribution >= 4 is 5.91 Å². The number of amides is 1. The maximum atomic E-state index is 10.7. The highest BCUT2D eigenvalue weighted by Crippen LogP contribution is 2.16. The van der Waals surface area contributed by atoms with Crippen molar-refractivity contribution in [1.29, 1.82) is 0 Å². The monoisotopic (exact) mass is 203 g/mol. The number of carbonyl (C=O) groups is 1. The van der Waals surface area contributed by atoms with Crippen LogP contribution < -0.4 is 5.32 Å². The second-order valence-corrected chi connectivity index (χ2v) is 3.05. The van der Waals surface area contributed by atoms with Crippen LogP contribution in [-0.2, 0) is 9.53 Å². The Morgan fingerprint density at radius 3 is 2.79 bits per heavy atom. The molecule has 0 aromatic rings. The van der Waals surface area contributed by atoms with E-state index in [1.165, 1.54) is 6.92 Å². The summed E-state index contributed by atoms with van der Waals surface area (Å²) in [5.74, 6) is -0.367. The van der Waals surface area contributed by atoms with Gasteiger partial charge in [0, 0.05) is 6.92 Å². The summed E-state index contributed by atoms with van der Waals surface area (Å²) < 4.78 is 4.89. The van der Waals surface area contributed by atoms with Gasteiger partial charge in [0.2, 0.25) is 5.91 Å². The molecule has 80 valence electrons. The van der Waals surface area contributed by atoms with E-state index in [9.17, 15) is 15.0 Å². The third kappa shape index (κ3) is 2.22. The lowest BCUT2D eigenvalue weighted by atomic mass is 10.0. The van der Waals surface area contributed by atoms with Crippen LogP contribution in [0.2, 0.25) is 0 Å². The quantitative estimate of drug-likeness (QED) is 0.419. The first kappa shape index (κ1) is 11.0. The molecule has 1 aliphatic heterocycles. The van der Waals surface area contributed by atoms with E-state index < -0.39 is 24.9 Å². The van der Waals surface area contributed by atoms with Crippen LogP contribution in [0.4, 0.5) is 0 Å². The number of ether oxygens (including phenoxy) is 1. The van der Waals surface area contributed by atoms with Crippen LogP contribution in [0.15, 0.2) is 12.0 Å². The van der Waals surface area contributed by atoms with Crippen LogP contribution in [0.1, 0.15) is 6.92 Å². The van der Waals surface area contributed by atoms with Crippen LogP contribution in [0.5, 0.6) is 0 Å². The summed E-state index contributed by atoms with van der Waals surface area (Å²) >= 11 is 0. The minimum absolute atomic E-state index is 0.0923. The predicted octanol–water partition coefficient (Wildman–Crippen LogP) is -1.92. The van der Waals surface area contributed by atoms with Crippen LogP contribution in [0.3, 0.4) is 0 Å². The van der Waals surface area contributed by atoms with Crippen LogP contribution >= 0.6 is 0 Å².